The molecule has 0 aliphatic rings. The molecule has 19 heavy (non-hydrogen) atoms. The van der Waals surface area contributed by atoms with Crippen LogP contribution in [0.15, 0.2) is 24.3 Å². The molecule has 0 radical (unpaired) electrons. The van der Waals surface area contributed by atoms with E-state index in [0.717, 1.165) is 25.7 Å². The molecular formula is C14H19NO4. The number of nitro benzene ring substituents is 1. The topological polar surface area (TPSA) is 69.4 Å². The number of unbranched alkanes of at least 4 members (excludes halogenated alkanes) is 2. The van der Waals surface area contributed by atoms with Crippen molar-refractivity contribution in [3.05, 3.63) is 39.9 Å². The summed E-state index contributed by atoms with van der Waals surface area (Å²) in [5, 5.41) is 10.6. The number of esters is 1. The summed E-state index contributed by atoms with van der Waals surface area (Å²) in [4.78, 5) is 21.9. The van der Waals surface area contributed by atoms with Crippen molar-refractivity contribution in [1.82, 2.24) is 0 Å². The second-order valence-corrected chi connectivity index (χ2v) is 4.52. The smallest absolute Gasteiger partial charge is 0.338 e. The summed E-state index contributed by atoms with van der Waals surface area (Å²) in [6.45, 7) is 3.95. The lowest BCUT2D eigenvalue weighted by molar-refractivity contribution is -0.384. The Morgan fingerprint density at radius 1 is 1.42 bits per heavy atom. The molecule has 5 nitrogen and oxygen atoms in total. The lowest BCUT2D eigenvalue weighted by Gasteiger charge is -2.12. The van der Waals surface area contributed by atoms with Gasteiger partial charge in [0.2, 0.25) is 0 Å². The van der Waals surface area contributed by atoms with Crippen molar-refractivity contribution in [1.29, 1.82) is 0 Å². The summed E-state index contributed by atoms with van der Waals surface area (Å²) in [7, 11) is 0. The van der Waals surface area contributed by atoms with Gasteiger partial charge in [-0.25, -0.2) is 4.79 Å². The molecule has 0 saturated carbocycles. The molecule has 0 aliphatic heterocycles. The lowest BCUT2D eigenvalue weighted by atomic mass is 10.1. The molecule has 0 aliphatic carbocycles. The molecular weight excluding hydrogens is 246 g/mol. The molecule has 0 amide bonds. The maximum absolute atomic E-state index is 11.8. The van der Waals surface area contributed by atoms with E-state index in [4.69, 9.17) is 4.74 Å². The van der Waals surface area contributed by atoms with Crippen LogP contribution in [0.4, 0.5) is 5.69 Å². The molecule has 0 fully saturated rings. The molecule has 0 bridgehead atoms. The van der Waals surface area contributed by atoms with Gasteiger partial charge in [-0.05, 0) is 25.8 Å². The third kappa shape index (κ3) is 5.07. The van der Waals surface area contributed by atoms with Gasteiger partial charge >= 0.3 is 5.97 Å². The summed E-state index contributed by atoms with van der Waals surface area (Å²) in [6, 6.07) is 5.59. The largest absolute Gasteiger partial charge is 0.459 e. The minimum absolute atomic E-state index is 0.104. The molecule has 5 heteroatoms. The van der Waals surface area contributed by atoms with Gasteiger partial charge in [0.15, 0.2) is 0 Å². The number of hydrogen-bond donors (Lipinski definition) is 0. The first-order chi connectivity index (χ1) is 9.04. The van der Waals surface area contributed by atoms with Crippen molar-refractivity contribution in [3.63, 3.8) is 0 Å². The van der Waals surface area contributed by atoms with Crippen LogP contribution in [0.3, 0.4) is 0 Å². The van der Waals surface area contributed by atoms with Crippen molar-refractivity contribution in [2.75, 3.05) is 0 Å². The number of carbonyl (C=O) groups is 1. The standard InChI is InChI=1S/C14H19NO4/c1-3-4-5-7-11(2)19-14(16)12-8-6-9-13(10-12)15(17)18/h6,8-11H,3-5,7H2,1-2H3. The van der Waals surface area contributed by atoms with Crippen molar-refractivity contribution < 1.29 is 14.5 Å². The van der Waals surface area contributed by atoms with E-state index in [1.807, 2.05) is 6.92 Å². The van der Waals surface area contributed by atoms with Crippen LogP contribution in [0.1, 0.15) is 49.9 Å². The van der Waals surface area contributed by atoms with Gasteiger partial charge in [0.25, 0.3) is 5.69 Å². The van der Waals surface area contributed by atoms with Gasteiger partial charge in [0, 0.05) is 12.1 Å². The SMILES string of the molecule is CCCCCC(C)OC(=O)c1cccc([N+](=O)[O-])c1. The van der Waals surface area contributed by atoms with E-state index < -0.39 is 10.9 Å². The van der Waals surface area contributed by atoms with E-state index >= 15 is 0 Å². The maximum Gasteiger partial charge on any atom is 0.338 e. The zero-order valence-electron chi connectivity index (χ0n) is 11.3. The van der Waals surface area contributed by atoms with Gasteiger partial charge in [0.05, 0.1) is 16.6 Å². The molecule has 0 spiro atoms. The first-order valence-corrected chi connectivity index (χ1v) is 6.50. The quantitative estimate of drug-likeness (QED) is 0.326. The van der Waals surface area contributed by atoms with Gasteiger partial charge in [-0.1, -0.05) is 25.8 Å². The van der Waals surface area contributed by atoms with Crippen LogP contribution in [0.25, 0.3) is 0 Å². The third-order valence-corrected chi connectivity index (χ3v) is 2.82. The highest BCUT2D eigenvalue weighted by molar-refractivity contribution is 5.90. The van der Waals surface area contributed by atoms with Crippen LogP contribution in [-0.4, -0.2) is 17.0 Å². The summed E-state index contributed by atoms with van der Waals surface area (Å²) >= 11 is 0. The molecule has 0 N–H and O–H groups in total. The summed E-state index contributed by atoms with van der Waals surface area (Å²) in [5.41, 5.74) is 0.115. The molecule has 1 aromatic carbocycles. The van der Waals surface area contributed by atoms with Crippen LogP contribution >= 0.6 is 0 Å². The Kier molecular flexibility index (Phi) is 5.99. The van der Waals surface area contributed by atoms with E-state index in [9.17, 15) is 14.9 Å². The van der Waals surface area contributed by atoms with E-state index in [0.29, 0.717) is 0 Å². The summed E-state index contributed by atoms with van der Waals surface area (Å²) in [5.74, 6) is -0.507. The van der Waals surface area contributed by atoms with Gasteiger partial charge in [-0.2, -0.15) is 0 Å². The Labute approximate surface area is 112 Å². The highest BCUT2D eigenvalue weighted by Gasteiger charge is 2.15. The van der Waals surface area contributed by atoms with Crippen LogP contribution in [-0.2, 0) is 4.74 Å². The van der Waals surface area contributed by atoms with E-state index in [1.54, 1.807) is 0 Å². The lowest BCUT2D eigenvalue weighted by Crippen LogP contribution is -2.15. The molecule has 0 saturated heterocycles. The first-order valence-electron chi connectivity index (χ1n) is 6.50. The number of rotatable bonds is 7. The average Bonchev–Trinajstić information content (AvgIpc) is 2.39. The fourth-order valence-corrected chi connectivity index (χ4v) is 1.74. The first kappa shape index (κ1) is 15.1. The molecule has 0 heterocycles. The molecule has 104 valence electrons. The Balaban J connectivity index is 2.57. The van der Waals surface area contributed by atoms with Crippen molar-refractivity contribution in [2.45, 2.75) is 45.6 Å². The number of non-ortho nitro benzene ring substituents is 1. The van der Waals surface area contributed by atoms with Crippen molar-refractivity contribution in [3.8, 4) is 0 Å². The molecule has 1 aromatic rings. The number of hydrogen-bond acceptors (Lipinski definition) is 4. The minimum Gasteiger partial charge on any atom is -0.459 e. The van der Waals surface area contributed by atoms with E-state index in [2.05, 4.69) is 6.92 Å². The number of nitrogens with zero attached hydrogens (tertiary/aromatic N) is 1. The maximum atomic E-state index is 11.8. The fourth-order valence-electron chi connectivity index (χ4n) is 1.74. The second-order valence-electron chi connectivity index (χ2n) is 4.52. The highest BCUT2D eigenvalue weighted by atomic mass is 16.6. The van der Waals surface area contributed by atoms with Gasteiger partial charge < -0.3 is 4.74 Å². The monoisotopic (exact) mass is 265 g/mol. The van der Waals surface area contributed by atoms with E-state index in [1.165, 1.54) is 24.3 Å². The highest BCUT2D eigenvalue weighted by Crippen LogP contribution is 2.15. The second kappa shape index (κ2) is 7.51. The Hall–Kier alpha value is -1.91. The predicted molar refractivity (Wildman–Crippen MR) is 72.1 cm³/mol. The zero-order valence-corrected chi connectivity index (χ0v) is 11.3. The van der Waals surface area contributed by atoms with Gasteiger partial charge in [0.1, 0.15) is 0 Å². The van der Waals surface area contributed by atoms with Crippen LogP contribution in [0.2, 0.25) is 0 Å². The number of ether oxygens (including phenoxy) is 1. The summed E-state index contributed by atoms with van der Waals surface area (Å²) in [6.07, 6.45) is 3.89. The van der Waals surface area contributed by atoms with Crippen molar-refractivity contribution in [2.24, 2.45) is 0 Å². The third-order valence-electron chi connectivity index (χ3n) is 2.82. The Bertz CT molecular complexity index is 445. The van der Waals surface area contributed by atoms with E-state index in [-0.39, 0.29) is 17.4 Å². The predicted octanol–water partition coefficient (Wildman–Crippen LogP) is 3.72. The number of carbonyl (C=O) groups excluding carboxylic acids is 1. The van der Waals surface area contributed by atoms with Crippen LogP contribution < -0.4 is 0 Å². The van der Waals surface area contributed by atoms with Gasteiger partial charge in [-0.3, -0.25) is 10.1 Å². The minimum atomic E-state index is -0.526. The number of benzene rings is 1. The van der Waals surface area contributed by atoms with Crippen LogP contribution in [0, 0.1) is 10.1 Å². The molecule has 1 rings (SSSR count). The van der Waals surface area contributed by atoms with Crippen LogP contribution in [0.5, 0.6) is 0 Å². The number of nitro groups is 1. The Morgan fingerprint density at radius 2 is 2.16 bits per heavy atom. The Morgan fingerprint density at radius 3 is 2.79 bits per heavy atom. The molecule has 1 unspecified atom stereocenters. The molecule has 0 aromatic heterocycles. The fraction of sp³-hybridized carbons (Fsp3) is 0.500. The van der Waals surface area contributed by atoms with Crippen molar-refractivity contribution >= 4 is 11.7 Å². The molecule has 1 atom stereocenters. The summed E-state index contributed by atoms with van der Waals surface area (Å²) < 4.78 is 5.26. The zero-order chi connectivity index (χ0) is 14.3. The normalized spacial score (nSPS) is 11.9. The average molecular weight is 265 g/mol. The van der Waals surface area contributed by atoms with Gasteiger partial charge in [-0.15, -0.1) is 0 Å².